The molecule has 1 nitrogen and oxygen atoms in total. The van der Waals surface area contributed by atoms with Gasteiger partial charge in [0, 0.05) is 16.0 Å². The molecule has 0 N–H and O–H groups in total. The normalized spacial score (nSPS) is 29.1. The van der Waals surface area contributed by atoms with Crippen LogP contribution >= 0.6 is 0 Å². The van der Waals surface area contributed by atoms with Crippen LogP contribution in [0.3, 0.4) is 0 Å². The molecule has 1 saturated heterocycles. The summed E-state index contributed by atoms with van der Waals surface area (Å²) in [5.74, 6) is 0. The van der Waals surface area contributed by atoms with Gasteiger partial charge in [0.15, 0.2) is 0 Å². The van der Waals surface area contributed by atoms with Gasteiger partial charge in [-0.1, -0.05) is 24.6 Å². The summed E-state index contributed by atoms with van der Waals surface area (Å²) < 4.78 is 51.2. The zero-order chi connectivity index (χ0) is 15.2. The van der Waals surface area contributed by atoms with Crippen molar-refractivity contribution in [3.05, 3.63) is 41.0 Å². The topological polar surface area (TPSA) is 17.1 Å². The van der Waals surface area contributed by atoms with Gasteiger partial charge in [0.25, 0.3) is 0 Å². The third-order valence-electron chi connectivity index (χ3n) is 4.39. The summed E-state index contributed by atoms with van der Waals surface area (Å²) in [6.45, 7) is 1.48. The van der Waals surface area contributed by atoms with Crippen molar-refractivity contribution in [2.24, 2.45) is 0 Å². The molecule has 0 aromatic heterocycles. The van der Waals surface area contributed by atoms with Gasteiger partial charge in [-0.15, -0.1) is 0 Å². The smallest absolute Gasteiger partial charge is 0.259 e. The van der Waals surface area contributed by atoms with Gasteiger partial charge >= 0.3 is 6.18 Å². The molecule has 2 aliphatic rings. The second-order valence-electron chi connectivity index (χ2n) is 5.84. The van der Waals surface area contributed by atoms with Gasteiger partial charge in [0.2, 0.25) is 0 Å². The maximum absolute atomic E-state index is 13.0. The predicted octanol–water partition coefficient (Wildman–Crippen LogP) is 4.47. The summed E-state index contributed by atoms with van der Waals surface area (Å²) >= 11 is 0. The Balaban J connectivity index is 2.00. The van der Waals surface area contributed by atoms with Crippen LogP contribution in [0.5, 0.6) is 0 Å². The molecule has 3 atom stereocenters. The number of hydrogen-bond donors (Lipinski definition) is 0. The van der Waals surface area contributed by atoms with Crippen molar-refractivity contribution in [2.75, 3.05) is 0 Å². The average molecular weight is 314 g/mol. The van der Waals surface area contributed by atoms with E-state index in [2.05, 4.69) is 0 Å². The quantitative estimate of drug-likeness (QED) is 0.747. The largest absolute Gasteiger partial charge is 0.416 e. The van der Waals surface area contributed by atoms with E-state index in [4.69, 9.17) is 0 Å². The third kappa shape index (κ3) is 2.80. The molecule has 3 rings (SSSR count). The second kappa shape index (κ2) is 5.27. The molecular weight excluding hydrogens is 297 g/mol. The van der Waals surface area contributed by atoms with E-state index < -0.39 is 22.5 Å². The van der Waals surface area contributed by atoms with E-state index >= 15 is 0 Å². The van der Waals surface area contributed by atoms with Crippen molar-refractivity contribution in [3.8, 4) is 0 Å². The lowest BCUT2D eigenvalue weighted by Gasteiger charge is -2.33. The molecular formula is C16H17F3OS. The molecule has 1 aromatic rings. The van der Waals surface area contributed by atoms with Crippen LogP contribution in [0.2, 0.25) is 0 Å². The third-order valence-corrected chi connectivity index (χ3v) is 6.42. The molecule has 21 heavy (non-hydrogen) atoms. The standard InChI is InChI=1S/C16H17F3OS/c1-10-5-6-11(9-15(10)16(17,18)19)12-7-13-3-2-4-14(8-12)21(13)20/h5-7,9,13-14H,2-4,8H2,1H3. The summed E-state index contributed by atoms with van der Waals surface area (Å²) in [5.41, 5.74) is 1.22. The fourth-order valence-corrected chi connectivity index (χ4v) is 5.17. The fraction of sp³-hybridized carbons (Fsp3) is 0.500. The van der Waals surface area contributed by atoms with Gasteiger partial charge < -0.3 is 0 Å². The van der Waals surface area contributed by atoms with E-state index in [1.807, 2.05) is 6.08 Å². The number of rotatable bonds is 1. The lowest BCUT2D eigenvalue weighted by molar-refractivity contribution is -0.138. The van der Waals surface area contributed by atoms with Gasteiger partial charge in [0.1, 0.15) is 0 Å². The van der Waals surface area contributed by atoms with Crippen molar-refractivity contribution in [3.63, 3.8) is 0 Å². The van der Waals surface area contributed by atoms with E-state index in [1.165, 1.54) is 19.1 Å². The van der Waals surface area contributed by atoms with E-state index in [-0.39, 0.29) is 16.1 Å². The Morgan fingerprint density at radius 2 is 2.00 bits per heavy atom. The Hall–Kier alpha value is -1.10. The fourth-order valence-electron chi connectivity index (χ4n) is 3.24. The molecule has 0 saturated carbocycles. The minimum atomic E-state index is -4.33. The minimum Gasteiger partial charge on any atom is -0.259 e. The number of fused-ring (bicyclic) bond motifs is 2. The summed E-state index contributed by atoms with van der Waals surface area (Å²) in [4.78, 5) is 0. The summed E-state index contributed by atoms with van der Waals surface area (Å²) in [7, 11) is -0.856. The highest BCUT2D eigenvalue weighted by molar-refractivity contribution is 7.86. The van der Waals surface area contributed by atoms with Crippen LogP contribution in [-0.2, 0) is 17.0 Å². The van der Waals surface area contributed by atoms with Gasteiger partial charge in [-0.3, -0.25) is 4.21 Å². The number of hydrogen-bond acceptors (Lipinski definition) is 1. The van der Waals surface area contributed by atoms with Crippen LogP contribution in [0.15, 0.2) is 24.3 Å². The van der Waals surface area contributed by atoms with Crippen molar-refractivity contribution >= 4 is 16.4 Å². The molecule has 0 spiro atoms. The first-order valence-corrected chi connectivity index (χ1v) is 8.42. The Morgan fingerprint density at radius 3 is 2.67 bits per heavy atom. The Morgan fingerprint density at radius 1 is 1.24 bits per heavy atom. The van der Waals surface area contributed by atoms with Crippen LogP contribution in [0, 0.1) is 6.92 Å². The lowest BCUT2D eigenvalue weighted by Crippen LogP contribution is -2.33. The van der Waals surface area contributed by atoms with E-state index in [0.717, 1.165) is 24.8 Å². The van der Waals surface area contributed by atoms with Crippen molar-refractivity contribution in [1.82, 2.24) is 0 Å². The first-order valence-electron chi connectivity index (χ1n) is 7.14. The Kier molecular flexibility index (Phi) is 3.72. The summed E-state index contributed by atoms with van der Waals surface area (Å²) in [6.07, 6.45) is 1.10. The van der Waals surface area contributed by atoms with Gasteiger partial charge in [-0.25, -0.2) is 0 Å². The maximum atomic E-state index is 13.0. The van der Waals surface area contributed by atoms with Crippen LogP contribution in [0.4, 0.5) is 13.2 Å². The van der Waals surface area contributed by atoms with Crippen molar-refractivity contribution < 1.29 is 17.4 Å². The number of benzene rings is 1. The van der Waals surface area contributed by atoms with Gasteiger partial charge in [-0.2, -0.15) is 13.2 Å². The van der Waals surface area contributed by atoms with E-state index in [9.17, 15) is 17.4 Å². The zero-order valence-electron chi connectivity index (χ0n) is 11.7. The lowest BCUT2D eigenvalue weighted by atomic mass is 9.91. The van der Waals surface area contributed by atoms with Crippen molar-refractivity contribution in [1.29, 1.82) is 0 Å². The number of alkyl halides is 3. The first kappa shape index (κ1) is 14.8. The molecule has 1 fully saturated rings. The van der Waals surface area contributed by atoms with Gasteiger partial charge in [-0.05, 0) is 49.0 Å². The highest BCUT2D eigenvalue weighted by Crippen LogP contribution is 2.39. The maximum Gasteiger partial charge on any atom is 0.416 e. The predicted molar refractivity (Wildman–Crippen MR) is 78.3 cm³/mol. The zero-order valence-corrected chi connectivity index (χ0v) is 12.6. The molecule has 3 unspecified atom stereocenters. The van der Waals surface area contributed by atoms with Gasteiger partial charge in [0.05, 0.1) is 10.8 Å². The van der Waals surface area contributed by atoms with Crippen LogP contribution in [-0.4, -0.2) is 14.7 Å². The molecule has 5 heteroatoms. The minimum absolute atomic E-state index is 0.0168. The molecule has 0 radical (unpaired) electrons. The molecule has 114 valence electrons. The second-order valence-corrected chi connectivity index (χ2v) is 7.77. The molecule has 1 aromatic carbocycles. The number of halogens is 3. The average Bonchev–Trinajstić information content (AvgIpc) is 2.37. The molecule has 2 aliphatic heterocycles. The first-order chi connectivity index (χ1) is 9.86. The summed E-state index contributed by atoms with van der Waals surface area (Å²) in [5, 5.41) is 0.127. The van der Waals surface area contributed by atoms with Crippen LogP contribution < -0.4 is 0 Å². The number of aryl methyl sites for hydroxylation is 1. The monoisotopic (exact) mass is 314 g/mol. The Labute approximate surface area is 124 Å². The molecule has 0 amide bonds. The molecule has 2 bridgehead atoms. The molecule has 2 heterocycles. The summed E-state index contributed by atoms with van der Waals surface area (Å²) in [6, 6.07) is 4.52. The highest BCUT2D eigenvalue weighted by Gasteiger charge is 2.35. The van der Waals surface area contributed by atoms with E-state index in [1.54, 1.807) is 6.07 Å². The number of allylic oxidation sites excluding steroid dienone is 1. The van der Waals surface area contributed by atoms with E-state index in [0.29, 0.717) is 12.0 Å². The SMILES string of the molecule is Cc1ccc(C2=CC3CCCC(C2)S3=O)cc1C(F)(F)F. The molecule has 0 aliphatic carbocycles. The van der Waals surface area contributed by atoms with Crippen LogP contribution in [0.25, 0.3) is 5.57 Å². The van der Waals surface area contributed by atoms with Crippen molar-refractivity contribution in [2.45, 2.75) is 49.3 Å². The Bertz CT molecular complexity index is 618. The highest BCUT2D eigenvalue weighted by atomic mass is 32.2. The van der Waals surface area contributed by atoms with Crippen LogP contribution in [0.1, 0.15) is 42.4 Å².